The summed E-state index contributed by atoms with van der Waals surface area (Å²) in [5.74, 6) is -1.94. The Kier molecular flexibility index (Phi) is 7.83. The van der Waals surface area contributed by atoms with Gasteiger partial charge in [-0.15, -0.1) is 0 Å². The van der Waals surface area contributed by atoms with Gasteiger partial charge in [0.05, 0.1) is 6.61 Å². The number of carbonyl (C=O) groups excluding carboxylic acids is 2. The molecule has 0 saturated heterocycles. The molecule has 0 bridgehead atoms. The van der Waals surface area contributed by atoms with Crippen molar-refractivity contribution >= 4 is 23.5 Å². The molecule has 0 saturated carbocycles. The number of hydrogen-bond acceptors (Lipinski definition) is 3. The second-order valence-electron chi connectivity index (χ2n) is 4.93. The monoisotopic (exact) mass is 311 g/mol. The predicted molar refractivity (Wildman–Crippen MR) is 82.9 cm³/mol. The molecule has 1 amide bonds. The highest BCUT2D eigenvalue weighted by Crippen LogP contribution is 2.15. The summed E-state index contributed by atoms with van der Waals surface area (Å²) in [4.78, 5) is 22.8. The van der Waals surface area contributed by atoms with E-state index in [2.05, 4.69) is 0 Å². The molecule has 1 unspecified atom stereocenters. The van der Waals surface area contributed by atoms with Gasteiger partial charge in [-0.25, -0.2) is 0 Å². The average molecular weight is 312 g/mol. The van der Waals surface area contributed by atoms with Gasteiger partial charge in [0.1, 0.15) is 5.92 Å². The van der Waals surface area contributed by atoms with E-state index in [-0.39, 0.29) is 6.61 Å². The lowest BCUT2D eigenvalue weighted by Gasteiger charge is -2.11. The second kappa shape index (κ2) is 9.40. The van der Waals surface area contributed by atoms with Crippen LogP contribution in [0.5, 0.6) is 0 Å². The van der Waals surface area contributed by atoms with E-state index in [9.17, 15) is 9.59 Å². The van der Waals surface area contributed by atoms with Crippen molar-refractivity contribution in [2.24, 2.45) is 11.7 Å². The summed E-state index contributed by atoms with van der Waals surface area (Å²) in [7, 11) is 0. The first-order valence-corrected chi connectivity index (χ1v) is 7.62. The molecule has 4 nitrogen and oxygen atoms in total. The largest absolute Gasteiger partial charge is 0.465 e. The summed E-state index contributed by atoms with van der Waals surface area (Å²) in [6.07, 6.45) is 4.12. The first kappa shape index (κ1) is 17.5. The van der Waals surface area contributed by atoms with Crippen LogP contribution in [0.15, 0.2) is 24.3 Å². The number of hydrogen-bond donors (Lipinski definition) is 1. The highest BCUT2D eigenvalue weighted by Gasteiger charge is 2.24. The molecule has 0 heterocycles. The van der Waals surface area contributed by atoms with Gasteiger partial charge in [0.2, 0.25) is 5.91 Å². The zero-order chi connectivity index (χ0) is 15.7. The fourth-order valence-corrected chi connectivity index (χ4v) is 2.25. The Labute approximate surface area is 130 Å². The van der Waals surface area contributed by atoms with Crippen LogP contribution < -0.4 is 5.73 Å². The van der Waals surface area contributed by atoms with Gasteiger partial charge in [0.25, 0.3) is 0 Å². The third-order valence-electron chi connectivity index (χ3n) is 3.29. The van der Waals surface area contributed by atoms with Crippen molar-refractivity contribution in [3.63, 3.8) is 0 Å². The molecule has 1 atom stereocenters. The minimum Gasteiger partial charge on any atom is -0.465 e. The van der Waals surface area contributed by atoms with E-state index in [0.29, 0.717) is 6.42 Å². The van der Waals surface area contributed by atoms with E-state index < -0.39 is 17.8 Å². The van der Waals surface area contributed by atoms with Crippen molar-refractivity contribution in [2.45, 2.75) is 39.0 Å². The Morgan fingerprint density at radius 3 is 2.43 bits per heavy atom. The van der Waals surface area contributed by atoms with Crippen LogP contribution in [0.1, 0.15) is 38.2 Å². The highest BCUT2D eigenvalue weighted by atomic mass is 35.5. The minimum absolute atomic E-state index is 0.263. The van der Waals surface area contributed by atoms with E-state index in [0.717, 1.165) is 30.7 Å². The van der Waals surface area contributed by atoms with Crippen molar-refractivity contribution in [3.05, 3.63) is 34.9 Å². The van der Waals surface area contributed by atoms with Gasteiger partial charge in [-0.05, 0) is 43.9 Å². The number of halogens is 1. The number of rotatable bonds is 9. The summed E-state index contributed by atoms with van der Waals surface area (Å²) in [6.45, 7) is 1.97. The molecule has 1 aromatic rings. The number of unbranched alkanes of at least 4 members (excludes halogenated alkanes) is 2. The Morgan fingerprint density at radius 1 is 1.19 bits per heavy atom. The molecule has 5 heteroatoms. The molecule has 1 aromatic carbocycles. The maximum absolute atomic E-state index is 11.6. The third kappa shape index (κ3) is 6.63. The SMILES string of the molecule is CCOC(=O)C(CCCCCc1ccc(Cl)cc1)C(N)=O. The maximum Gasteiger partial charge on any atom is 0.318 e. The van der Waals surface area contributed by atoms with Gasteiger partial charge in [0.15, 0.2) is 0 Å². The topological polar surface area (TPSA) is 69.4 Å². The lowest BCUT2D eigenvalue weighted by molar-refractivity contribution is -0.151. The van der Waals surface area contributed by atoms with E-state index in [1.165, 1.54) is 5.56 Å². The molecule has 0 aromatic heterocycles. The zero-order valence-electron chi connectivity index (χ0n) is 12.3. The van der Waals surface area contributed by atoms with Crippen molar-refractivity contribution in [3.8, 4) is 0 Å². The van der Waals surface area contributed by atoms with E-state index in [4.69, 9.17) is 22.1 Å². The van der Waals surface area contributed by atoms with Crippen molar-refractivity contribution < 1.29 is 14.3 Å². The van der Waals surface area contributed by atoms with Gasteiger partial charge < -0.3 is 10.5 Å². The first-order chi connectivity index (χ1) is 10.0. The van der Waals surface area contributed by atoms with Crippen molar-refractivity contribution in [1.29, 1.82) is 0 Å². The predicted octanol–water partition coefficient (Wildman–Crippen LogP) is 3.11. The van der Waals surface area contributed by atoms with Crippen LogP contribution in [0.4, 0.5) is 0 Å². The minimum atomic E-state index is -0.819. The first-order valence-electron chi connectivity index (χ1n) is 7.25. The number of esters is 1. The number of amides is 1. The number of ether oxygens (including phenoxy) is 1. The summed E-state index contributed by atoms with van der Waals surface area (Å²) in [6, 6.07) is 7.77. The zero-order valence-corrected chi connectivity index (χ0v) is 13.1. The van der Waals surface area contributed by atoms with E-state index in [1.807, 2.05) is 24.3 Å². The summed E-state index contributed by atoms with van der Waals surface area (Å²) in [5, 5.41) is 0.734. The standard InChI is InChI=1S/C16H22ClNO3/c1-2-21-16(20)14(15(18)19)7-5-3-4-6-12-8-10-13(17)11-9-12/h8-11,14H,2-7H2,1H3,(H2,18,19). The van der Waals surface area contributed by atoms with Crippen LogP contribution in [-0.2, 0) is 20.7 Å². The van der Waals surface area contributed by atoms with Gasteiger partial charge in [-0.2, -0.15) is 0 Å². The number of nitrogens with two attached hydrogens (primary N) is 1. The Balaban J connectivity index is 2.26. The quantitative estimate of drug-likeness (QED) is 0.433. The average Bonchev–Trinajstić information content (AvgIpc) is 2.44. The molecule has 0 fully saturated rings. The normalized spacial score (nSPS) is 11.9. The fraction of sp³-hybridized carbons (Fsp3) is 0.500. The molecule has 21 heavy (non-hydrogen) atoms. The number of benzene rings is 1. The van der Waals surface area contributed by atoms with Gasteiger partial charge in [-0.3, -0.25) is 9.59 Å². The van der Waals surface area contributed by atoms with Crippen molar-refractivity contribution in [2.75, 3.05) is 6.61 Å². The third-order valence-corrected chi connectivity index (χ3v) is 3.54. The molecule has 0 spiro atoms. The molecule has 1 rings (SSSR count). The highest BCUT2D eigenvalue weighted by molar-refractivity contribution is 6.30. The van der Waals surface area contributed by atoms with E-state index in [1.54, 1.807) is 6.92 Å². The molecule has 116 valence electrons. The number of carbonyl (C=O) groups is 2. The summed E-state index contributed by atoms with van der Waals surface area (Å²) >= 11 is 5.83. The lowest BCUT2D eigenvalue weighted by Crippen LogP contribution is -2.31. The summed E-state index contributed by atoms with van der Waals surface area (Å²) in [5.41, 5.74) is 6.47. The molecule has 2 N–H and O–H groups in total. The fourth-order valence-electron chi connectivity index (χ4n) is 2.12. The van der Waals surface area contributed by atoms with Crippen LogP contribution >= 0.6 is 11.6 Å². The van der Waals surface area contributed by atoms with Crippen LogP contribution in [0, 0.1) is 5.92 Å². The molecule has 0 aliphatic rings. The molecular formula is C16H22ClNO3. The van der Waals surface area contributed by atoms with E-state index >= 15 is 0 Å². The maximum atomic E-state index is 11.6. The number of aryl methyl sites for hydroxylation is 1. The molecular weight excluding hydrogens is 290 g/mol. The second-order valence-corrected chi connectivity index (χ2v) is 5.37. The van der Waals surface area contributed by atoms with Crippen LogP contribution in [0.3, 0.4) is 0 Å². The van der Waals surface area contributed by atoms with Gasteiger partial charge in [0, 0.05) is 5.02 Å². The smallest absolute Gasteiger partial charge is 0.318 e. The Hall–Kier alpha value is -1.55. The van der Waals surface area contributed by atoms with Crippen molar-refractivity contribution in [1.82, 2.24) is 0 Å². The Bertz CT molecular complexity index is 459. The molecule has 0 aliphatic heterocycles. The number of primary amides is 1. The Morgan fingerprint density at radius 2 is 1.86 bits per heavy atom. The van der Waals surface area contributed by atoms with Gasteiger partial charge >= 0.3 is 5.97 Å². The van der Waals surface area contributed by atoms with Gasteiger partial charge in [-0.1, -0.05) is 36.6 Å². The molecule has 0 radical (unpaired) electrons. The van der Waals surface area contributed by atoms with Crippen LogP contribution in [-0.4, -0.2) is 18.5 Å². The summed E-state index contributed by atoms with van der Waals surface area (Å²) < 4.78 is 4.85. The lowest BCUT2D eigenvalue weighted by atomic mass is 9.99. The molecule has 0 aliphatic carbocycles. The van der Waals surface area contributed by atoms with Crippen LogP contribution in [0.2, 0.25) is 5.02 Å². The van der Waals surface area contributed by atoms with Crippen LogP contribution in [0.25, 0.3) is 0 Å².